The van der Waals surface area contributed by atoms with Crippen molar-refractivity contribution in [2.75, 3.05) is 13.1 Å². The van der Waals surface area contributed by atoms with E-state index in [2.05, 4.69) is 4.98 Å². The van der Waals surface area contributed by atoms with Crippen molar-refractivity contribution in [3.63, 3.8) is 0 Å². The fourth-order valence-electron chi connectivity index (χ4n) is 3.09. The summed E-state index contributed by atoms with van der Waals surface area (Å²) in [4.78, 5) is 30.6. The quantitative estimate of drug-likeness (QED) is 0.710. The van der Waals surface area contributed by atoms with Gasteiger partial charge in [-0.3, -0.25) is 9.59 Å². The molecule has 2 aromatic heterocycles. The highest BCUT2D eigenvalue weighted by molar-refractivity contribution is 5.93. The van der Waals surface area contributed by atoms with Crippen LogP contribution in [0.3, 0.4) is 0 Å². The summed E-state index contributed by atoms with van der Waals surface area (Å²) in [5.74, 6) is 0.0252. The van der Waals surface area contributed by atoms with Gasteiger partial charge in [0.1, 0.15) is 11.7 Å². The molecule has 1 unspecified atom stereocenters. The van der Waals surface area contributed by atoms with Crippen LogP contribution in [0.15, 0.2) is 57.9 Å². The van der Waals surface area contributed by atoms with Gasteiger partial charge in [-0.25, -0.2) is 4.98 Å². The molecule has 3 aromatic rings. The molecule has 0 N–H and O–H groups in total. The summed E-state index contributed by atoms with van der Waals surface area (Å²) in [5.41, 5.74) is 0.603. The molecule has 1 aliphatic rings. The van der Waals surface area contributed by atoms with Crippen molar-refractivity contribution in [1.82, 2.24) is 9.88 Å². The number of para-hydroxylation sites is 1. The molecule has 0 bridgehead atoms. The van der Waals surface area contributed by atoms with Gasteiger partial charge in [-0.15, -0.1) is 0 Å². The number of fused-ring (bicyclic) bond motifs is 1. The number of rotatable bonds is 3. The highest BCUT2D eigenvalue weighted by Gasteiger charge is 2.30. The first kappa shape index (κ1) is 16.8. The standard InChI is InChI=1S/C20H15N3O4/c21-11-13-5-7-22-19(9-13)26-14-6-8-23(12-14)20(25)18-10-16(24)15-3-1-2-4-17(15)27-18/h1-5,7,9-10,14H,6,8,12H2. The fourth-order valence-corrected chi connectivity index (χ4v) is 3.09. The lowest BCUT2D eigenvalue weighted by atomic mass is 10.2. The van der Waals surface area contributed by atoms with Gasteiger partial charge in [0.2, 0.25) is 5.88 Å². The average Bonchev–Trinajstić information content (AvgIpc) is 3.16. The average molecular weight is 361 g/mol. The van der Waals surface area contributed by atoms with Crippen LogP contribution in [0.25, 0.3) is 11.0 Å². The topological polar surface area (TPSA) is 96.4 Å². The molecule has 0 radical (unpaired) electrons. The maximum atomic E-state index is 12.7. The first-order valence-corrected chi connectivity index (χ1v) is 8.49. The van der Waals surface area contributed by atoms with Crippen LogP contribution >= 0.6 is 0 Å². The van der Waals surface area contributed by atoms with Crippen LogP contribution in [0.5, 0.6) is 5.88 Å². The number of pyridine rings is 1. The van der Waals surface area contributed by atoms with E-state index in [1.54, 1.807) is 41.3 Å². The highest BCUT2D eigenvalue weighted by atomic mass is 16.5. The fraction of sp³-hybridized carbons (Fsp3) is 0.200. The SMILES string of the molecule is N#Cc1ccnc(OC2CCN(C(=O)c3cc(=O)c4ccccc4o3)C2)c1. The molecule has 7 heteroatoms. The third-order valence-electron chi connectivity index (χ3n) is 4.43. The third kappa shape index (κ3) is 3.37. The first-order chi connectivity index (χ1) is 13.1. The second kappa shape index (κ2) is 6.92. The van der Waals surface area contributed by atoms with Crippen LogP contribution in [0.4, 0.5) is 0 Å². The maximum absolute atomic E-state index is 12.7. The minimum atomic E-state index is -0.345. The minimum absolute atomic E-state index is 0.0175. The molecule has 27 heavy (non-hydrogen) atoms. The number of nitrogens with zero attached hydrogens (tertiary/aromatic N) is 3. The molecule has 3 heterocycles. The second-order valence-corrected chi connectivity index (χ2v) is 6.25. The van der Waals surface area contributed by atoms with E-state index in [9.17, 15) is 9.59 Å². The van der Waals surface area contributed by atoms with Crippen molar-refractivity contribution >= 4 is 16.9 Å². The molecule has 0 aliphatic carbocycles. The number of ether oxygens (including phenoxy) is 1. The summed E-state index contributed by atoms with van der Waals surface area (Å²) in [7, 11) is 0. The monoisotopic (exact) mass is 361 g/mol. The van der Waals surface area contributed by atoms with E-state index < -0.39 is 0 Å². The third-order valence-corrected chi connectivity index (χ3v) is 4.43. The summed E-state index contributed by atoms with van der Waals surface area (Å²) in [5, 5.41) is 9.38. The Balaban J connectivity index is 1.49. The predicted octanol–water partition coefficient (Wildman–Crippen LogP) is 2.35. The molecular weight excluding hydrogens is 346 g/mol. The molecule has 1 aliphatic heterocycles. The van der Waals surface area contributed by atoms with Crippen molar-refractivity contribution in [3.05, 3.63) is 70.2 Å². The number of benzene rings is 1. The Morgan fingerprint density at radius 3 is 3.00 bits per heavy atom. The van der Waals surface area contributed by atoms with Crippen LogP contribution in [-0.2, 0) is 0 Å². The van der Waals surface area contributed by atoms with Gasteiger partial charge in [-0.05, 0) is 18.2 Å². The zero-order valence-corrected chi connectivity index (χ0v) is 14.3. The number of aromatic nitrogens is 1. The Morgan fingerprint density at radius 1 is 1.30 bits per heavy atom. The molecule has 1 fully saturated rings. The van der Waals surface area contributed by atoms with Crippen molar-refractivity contribution in [2.24, 2.45) is 0 Å². The van der Waals surface area contributed by atoms with Gasteiger partial charge < -0.3 is 14.1 Å². The van der Waals surface area contributed by atoms with E-state index in [4.69, 9.17) is 14.4 Å². The molecule has 4 rings (SSSR count). The zero-order chi connectivity index (χ0) is 18.8. The second-order valence-electron chi connectivity index (χ2n) is 6.25. The summed E-state index contributed by atoms with van der Waals surface area (Å²) < 4.78 is 11.4. The number of likely N-dealkylation sites (tertiary alicyclic amines) is 1. The Morgan fingerprint density at radius 2 is 2.15 bits per heavy atom. The van der Waals surface area contributed by atoms with Gasteiger partial charge in [-0.2, -0.15) is 5.26 Å². The molecule has 7 nitrogen and oxygen atoms in total. The summed E-state index contributed by atoms with van der Waals surface area (Å²) in [6.45, 7) is 0.839. The van der Waals surface area contributed by atoms with Crippen LogP contribution in [0.1, 0.15) is 22.5 Å². The van der Waals surface area contributed by atoms with Gasteiger partial charge >= 0.3 is 0 Å². The van der Waals surface area contributed by atoms with Crippen molar-refractivity contribution < 1.29 is 13.9 Å². The normalized spacial score (nSPS) is 16.3. The summed E-state index contributed by atoms with van der Waals surface area (Å²) >= 11 is 0. The van der Waals surface area contributed by atoms with Gasteiger partial charge in [-0.1, -0.05) is 12.1 Å². The van der Waals surface area contributed by atoms with Crippen LogP contribution in [-0.4, -0.2) is 35.0 Å². The minimum Gasteiger partial charge on any atom is -0.472 e. The Hall–Kier alpha value is -3.66. The predicted molar refractivity (Wildman–Crippen MR) is 96.4 cm³/mol. The maximum Gasteiger partial charge on any atom is 0.289 e. The Bertz CT molecular complexity index is 1120. The smallest absolute Gasteiger partial charge is 0.289 e. The van der Waals surface area contributed by atoms with Crippen LogP contribution in [0.2, 0.25) is 0 Å². The number of carbonyl (C=O) groups is 1. The number of carbonyl (C=O) groups excluding carboxylic acids is 1. The van der Waals surface area contributed by atoms with E-state index in [0.29, 0.717) is 41.9 Å². The Kier molecular flexibility index (Phi) is 4.30. The van der Waals surface area contributed by atoms with Gasteiger partial charge in [0.05, 0.1) is 23.6 Å². The lowest BCUT2D eigenvalue weighted by Crippen LogP contribution is -2.31. The first-order valence-electron chi connectivity index (χ1n) is 8.49. The molecule has 1 amide bonds. The molecule has 1 atom stereocenters. The summed E-state index contributed by atoms with van der Waals surface area (Å²) in [6, 6.07) is 13.3. The lowest BCUT2D eigenvalue weighted by Gasteiger charge is -2.16. The zero-order valence-electron chi connectivity index (χ0n) is 14.3. The van der Waals surface area contributed by atoms with Gasteiger partial charge in [0, 0.05) is 31.3 Å². The van der Waals surface area contributed by atoms with Gasteiger partial charge in [0.15, 0.2) is 11.2 Å². The number of amides is 1. The molecule has 0 saturated carbocycles. The Labute approximate surface area is 154 Å². The van der Waals surface area contributed by atoms with Crippen LogP contribution in [0, 0.1) is 11.3 Å². The largest absolute Gasteiger partial charge is 0.472 e. The summed E-state index contributed by atoms with van der Waals surface area (Å²) in [6.07, 6.45) is 1.90. The molecule has 0 spiro atoms. The lowest BCUT2D eigenvalue weighted by molar-refractivity contribution is 0.0740. The van der Waals surface area contributed by atoms with Crippen molar-refractivity contribution in [3.8, 4) is 11.9 Å². The van der Waals surface area contributed by atoms with Crippen molar-refractivity contribution in [1.29, 1.82) is 5.26 Å². The number of nitriles is 1. The molecule has 1 aromatic carbocycles. The highest BCUT2D eigenvalue weighted by Crippen LogP contribution is 2.20. The molecule has 134 valence electrons. The number of hydrogen-bond donors (Lipinski definition) is 0. The van der Waals surface area contributed by atoms with Crippen LogP contribution < -0.4 is 10.2 Å². The van der Waals surface area contributed by atoms with Gasteiger partial charge in [0.25, 0.3) is 5.91 Å². The van der Waals surface area contributed by atoms with E-state index >= 15 is 0 Å². The van der Waals surface area contributed by atoms with E-state index in [1.807, 2.05) is 6.07 Å². The molecule has 1 saturated heterocycles. The van der Waals surface area contributed by atoms with E-state index in [-0.39, 0.29) is 23.2 Å². The molecular formula is C20H15N3O4. The van der Waals surface area contributed by atoms with Crippen molar-refractivity contribution in [2.45, 2.75) is 12.5 Å². The van der Waals surface area contributed by atoms with E-state index in [1.165, 1.54) is 12.3 Å². The number of hydrogen-bond acceptors (Lipinski definition) is 6. The van der Waals surface area contributed by atoms with E-state index in [0.717, 1.165) is 0 Å².